The van der Waals surface area contributed by atoms with E-state index in [0.29, 0.717) is 30.4 Å². The number of likely N-dealkylation sites (N-methyl/N-ethyl adjacent to an activating group) is 1. The molecule has 0 aliphatic carbocycles. The standard InChI is InChI=1S/C15H18FN5O2/c1-9-17-14(23-20-9)13-7-12(8-21(13)2)19-15(22)18-11-5-3-4-10(16)6-11/h3-6,12-13H,7-8H2,1-2H3,(H2,18,19,22)/t12-,13-/m0/s1. The Bertz CT molecular complexity index is 705. The Hall–Kier alpha value is -2.48. The molecule has 2 amide bonds. The second-order valence-corrected chi connectivity index (χ2v) is 5.68. The van der Waals surface area contributed by atoms with E-state index in [1.165, 1.54) is 12.1 Å². The third-order valence-corrected chi connectivity index (χ3v) is 3.79. The maximum atomic E-state index is 13.1. The molecule has 1 aromatic carbocycles. The van der Waals surface area contributed by atoms with Crippen LogP contribution in [0.4, 0.5) is 14.9 Å². The van der Waals surface area contributed by atoms with Gasteiger partial charge < -0.3 is 15.2 Å². The Labute approximate surface area is 132 Å². The first-order valence-electron chi connectivity index (χ1n) is 7.35. The zero-order chi connectivity index (χ0) is 16.4. The third kappa shape index (κ3) is 3.65. The fraction of sp³-hybridized carbons (Fsp3) is 0.400. The number of nitrogens with one attached hydrogen (secondary N) is 2. The van der Waals surface area contributed by atoms with Crippen LogP contribution in [0.1, 0.15) is 24.2 Å². The number of likely N-dealkylation sites (tertiary alicyclic amines) is 1. The molecule has 1 aliphatic rings. The quantitative estimate of drug-likeness (QED) is 0.905. The molecule has 1 aliphatic heterocycles. The number of carbonyl (C=O) groups excluding carboxylic acids is 1. The number of urea groups is 1. The van der Waals surface area contributed by atoms with Gasteiger partial charge in [0.2, 0.25) is 5.89 Å². The van der Waals surface area contributed by atoms with Gasteiger partial charge in [0.1, 0.15) is 5.82 Å². The Morgan fingerprint density at radius 1 is 1.48 bits per heavy atom. The molecule has 2 N–H and O–H groups in total. The van der Waals surface area contributed by atoms with Gasteiger partial charge >= 0.3 is 6.03 Å². The van der Waals surface area contributed by atoms with E-state index in [9.17, 15) is 9.18 Å². The smallest absolute Gasteiger partial charge is 0.319 e. The third-order valence-electron chi connectivity index (χ3n) is 3.79. The van der Waals surface area contributed by atoms with Gasteiger partial charge in [0, 0.05) is 18.3 Å². The van der Waals surface area contributed by atoms with Crippen molar-refractivity contribution in [3.05, 3.63) is 41.8 Å². The van der Waals surface area contributed by atoms with Crippen molar-refractivity contribution in [3.8, 4) is 0 Å². The summed E-state index contributed by atoms with van der Waals surface area (Å²) >= 11 is 0. The molecule has 8 heteroatoms. The molecular weight excluding hydrogens is 301 g/mol. The van der Waals surface area contributed by atoms with Crippen LogP contribution in [0.3, 0.4) is 0 Å². The highest BCUT2D eigenvalue weighted by Gasteiger charge is 2.34. The summed E-state index contributed by atoms with van der Waals surface area (Å²) in [5.41, 5.74) is 0.415. The monoisotopic (exact) mass is 319 g/mol. The molecule has 1 saturated heterocycles. The summed E-state index contributed by atoms with van der Waals surface area (Å²) in [5.74, 6) is 0.753. The van der Waals surface area contributed by atoms with E-state index < -0.39 is 5.82 Å². The van der Waals surface area contributed by atoms with Crippen LogP contribution in [0.15, 0.2) is 28.8 Å². The Kier molecular flexibility index (Phi) is 4.24. The number of hydrogen-bond acceptors (Lipinski definition) is 5. The molecule has 0 spiro atoms. The molecule has 1 fully saturated rings. The van der Waals surface area contributed by atoms with E-state index in [1.807, 2.05) is 7.05 Å². The fourth-order valence-corrected chi connectivity index (χ4v) is 2.76. The van der Waals surface area contributed by atoms with Gasteiger partial charge in [-0.2, -0.15) is 4.98 Å². The van der Waals surface area contributed by atoms with Crippen molar-refractivity contribution < 1.29 is 13.7 Å². The maximum Gasteiger partial charge on any atom is 0.319 e. The minimum atomic E-state index is -0.393. The zero-order valence-electron chi connectivity index (χ0n) is 12.9. The molecule has 122 valence electrons. The van der Waals surface area contributed by atoms with E-state index in [4.69, 9.17) is 4.52 Å². The second kappa shape index (κ2) is 6.33. The topological polar surface area (TPSA) is 83.3 Å². The van der Waals surface area contributed by atoms with Crippen molar-refractivity contribution in [2.24, 2.45) is 0 Å². The normalized spacial score (nSPS) is 21.3. The van der Waals surface area contributed by atoms with Crippen molar-refractivity contribution in [1.29, 1.82) is 0 Å². The van der Waals surface area contributed by atoms with Gasteiger partial charge in [-0.25, -0.2) is 9.18 Å². The van der Waals surface area contributed by atoms with E-state index >= 15 is 0 Å². The van der Waals surface area contributed by atoms with Gasteiger partial charge in [0.15, 0.2) is 5.82 Å². The van der Waals surface area contributed by atoms with Gasteiger partial charge in [-0.3, -0.25) is 4.90 Å². The summed E-state index contributed by atoms with van der Waals surface area (Å²) in [5, 5.41) is 9.30. The van der Waals surface area contributed by atoms with Crippen LogP contribution in [0.2, 0.25) is 0 Å². The predicted molar refractivity (Wildman–Crippen MR) is 81.4 cm³/mol. The van der Waals surface area contributed by atoms with Crippen LogP contribution in [0, 0.1) is 12.7 Å². The summed E-state index contributed by atoms with van der Waals surface area (Å²) in [4.78, 5) is 18.3. The Morgan fingerprint density at radius 3 is 3.00 bits per heavy atom. The van der Waals surface area contributed by atoms with E-state index in [-0.39, 0.29) is 18.1 Å². The molecular formula is C15H18FN5O2. The largest absolute Gasteiger partial charge is 0.338 e. The molecule has 0 unspecified atom stereocenters. The lowest BCUT2D eigenvalue weighted by Crippen LogP contribution is -2.39. The lowest BCUT2D eigenvalue weighted by atomic mass is 10.1. The van der Waals surface area contributed by atoms with Crippen molar-refractivity contribution >= 4 is 11.7 Å². The molecule has 0 saturated carbocycles. The molecule has 2 aromatic rings. The summed E-state index contributed by atoms with van der Waals surface area (Å²) < 4.78 is 18.3. The van der Waals surface area contributed by atoms with Crippen molar-refractivity contribution in [3.63, 3.8) is 0 Å². The lowest BCUT2D eigenvalue weighted by molar-refractivity contribution is 0.243. The summed E-state index contributed by atoms with van der Waals surface area (Å²) in [7, 11) is 1.94. The summed E-state index contributed by atoms with van der Waals surface area (Å²) in [6.45, 7) is 2.44. The van der Waals surface area contributed by atoms with Crippen LogP contribution < -0.4 is 10.6 Å². The highest BCUT2D eigenvalue weighted by Crippen LogP contribution is 2.29. The van der Waals surface area contributed by atoms with Gasteiger partial charge in [-0.15, -0.1) is 0 Å². The van der Waals surface area contributed by atoms with E-state index in [0.717, 1.165) is 0 Å². The summed E-state index contributed by atoms with van der Waals surface area (Å²) in [6, 6.07) is 5.34. The second-order valence-electron chi connectivity index (χ2n) is 5.68. The number of halogens is 1. The van der Waals surface area contributed by atoms with Crippen LogP contribution in [0.5, 0.6) is 0 Å². The fourth-order valence-electron chi connectivity index (χ4n) is 2.76. The number of amides is 2. The predicted octanol–water partition coefficient (Wildman–Crippen LogP) is 2.08. The average Bonchev–Trinajstić information content (AvgIpc) is 3.04. The first-order valence-corrected chi connectivity index (χ1v) is 7.35. The van der Waals surface area contributed by atoms with Crippen LogP contribution in [-0.2, 0) is 0 Å². The number of aryl methyl sites for hydroxylation is 1. The number of aromatic nitrogens is 2. The van der Waals surface area contributed by atoms with Gasteiger partial charge in [0.05, 0.1) is 6.04 Å². The van der Waals surface area contributed by atoms with E-state index in [1.54, 1.807) is 19.1 Å². The van der Waals surface area contributed by atoms with E-state index in [2.05, 4.69) is 25.7 Å². The van der Waals surface area contributed by atoms with Crippen LogP contribution in [-0.4, -0.2) is 40.7 Å². The number of rotatable bonds is 3. The molecule has 2 heterocycles. The van der Waals surface area contributed by atoms with Gasteiger partial charge in [-0.1, -0.05) is 11.2 Å². The minimum absolute atomic E-state index is 0.0179. The van der Waals surface area contributed by atoms with Crippen molar-refractivity contribution in [1.82, 2.24) is 20.4 Å². The maximum absolute atomic E-state index is 13.1. The minimum Gasteiger partial charge on any atom is -0.338 e. The Morgan fingerprint density at radius 2 is 2.30 bits per heavy atom. The van der Waals surface area contributed by atoms with Gasteiger partial charge in [-0.05, 0) is 38.6 Å². The van der Waals surface area contributed by atoms with Crippen molar-refractivity contribution in [2.45, 2.75) is 25.4 Å². The number of carbonyl (C=O) groups is 1. The number of hydrogen-bond donors (Lipinski definition) is 2. The number of nitrogens with zero attached hydrogens (tertiary/aromatic N) is 3. The molecule has 7 nitrogen and oxygen atoms in total. The van der Waals surface area contributed by atoms with Gasteiger partial charge in [0.25, 0.3) is 0 Å². The number of benzene rings is 1. The highest BCUT2D eigenvalue weighted by atomic mass is 19.1. The SMILES string of the molecule is Cc1noc([C@@H]2C[C@H](NC(=O)Nc3cccc(F)c3)CN2C)n1. The number of anilines is 1. The first kappa shape index (κ1) is 15.4. The highest BCUT2D eigenvalue weighted by molar-refractivity contribution is 5.89. The summed E-state index contributed by atoms with van der Waals surface area (Å²) in [6.07, 6.45) is 0.675. The molecule has 0 radical (unpaired) electrons. The van der Waals surface area contributed by atoms with Crippen LogP contribution in [0.25, 0.3) is 0 Å². The molecule has 0 bridgehead atoms. The molecule has 23 heavy (non-hydrogen) atoms. The molecule has 1 aromatic heterocycles. The molecule has 3 rings (SSSR count). The first-order chi connectivity index (χ1) is 11.0. The zero-order valence-corrected chi connectivity index (χ0v) is 12.9. The molecule has 2 atom stereocenters. The Balaban J connectivity index is 1.57. The van der Waals surface area contributed by atoms with Crippen molar-refractivity contribution in [2.75, 3.05) is 18.9 Å². The van der Waals surface area contributed by atoms with Crippen LogP contribution >= 0.6 is 0 Å². The lowest BCUT2D eigenvalue weighted by Gasteiger charge is -2.14. The average molecular weight is 319 g/mol.